The standard InChI is InChI=1S/C13H27NO2/c1-12(2,9-14-13(3,4)10-15)11-5-7-16-8-6-11/h11,14-15H,5-10H2,1-4H3. The summed E-state index contributed by atoms with van der Waals surface area (Å²) in [6.07, 6.45) is 2.32. The van der Waals surface area contributed by atoms with Crippen LogP contribution in [0.3, 0.4) is 0 Å². The highest BCUT2D eigenvalue weighted by Crippen LogP contribution is 2.34. The van der Waals surface area contributed by atoms with E-state index in [1.54, 1.807) is 0 Å². The molecule has 96 valence electrons. The Kier molecular flexibility index (Phi) is 4.77. The number of hydrogen-bond donors (Lipinski definition) is 2. The van der Waals surface area contributed by atoms with Crippen LogP contribution in [0.2, 0.25) is 0 Å². The van der Waals surface area contributed by atoms with Gasteiger partial charge in [0, 0.05) is 25.3 Å². The maximum Gasteiger partial charge on any atom is 0.0607 e. The Hall–Kier alpha value is -0.120. The number of aliphatic hydroxyl groups excluding tert-OH is 1. The lowest BCUT2D eigenvalue weighted by Gasteiger charge is -2.39. The van der Waals surface area contributed by atoms with Crippen LogP contribution in [0.5, 0.6) is 0 Å². The number of ether oxygens (including phenoxy) is 1. The number of aliphatic hydroxyl groups is 1. The Morgan fingerprint density at radius 1 is 1.19 bits per heavy atom. The zero-order valence-corrected chi connectivity index (χ0v) is 11.2. The third kappa shape index (κ3) is 4.04. The Labute approximate surface area is 99.6 Å². The van der Waals surface area contributed by atoms with Gasteiger partial charge in [-0.15, -0.1) is 0 Å². The molecule has 1 saturated heterocycles. The molecule has 0 saturated carbocycles. The molecular weight excluding hydrogens is 202 g/mol. The van der Waals surface area contributed by atoms with E-state index in [-0.39, 0.29) is 17.6 Å². The molecule has 3 nitrogen and oxygen atoms in total. The van der Waals surface area contributed by atoms with E-state index < -0.39 is 0 Å². The fourth-order valence-corrected chi connectivity index (χ4v) is 2.15. The van der Waals surface area contributed by atoms with Gasteiger partial charge in [-0.25, -0.2) is 0 Å². The van der Waals surface area contributed by atoms with Crippen molar-refractivity contribution < 1.29 is 9.84 Å². The minimum Gasteiger partial charge on any atom is -0.394 e. The van der Waals surface area contributed by atoms with Crippen molar-refractivity contribution in [2.45, 2.75) is 46.1 Å². The van der Waals surface area contributed by atoms with E-state index in [1.807, 2.05) is 13.8 Å². The quantitative estimate of drug-likeness (QED) is 0.755. The van der Waals surface area contributed by atoms with Gasteiger partial charge in [0.25, 0.3) is 0 Å². The van der Waals surface area contributed by atoms with Crippen LogP contribution in [0.1, 0.15) is 40.5 Å². The summed E-state index contributed by atoms with van der Waals surface area (Å²) in [5, 5.41) is 12.7. The fraction of sp³-hybridized carbons (Fsp3) is 1.00. The van der Waals surface area contributed by atoms with Crippen molar-refractivity contribution in [3.05, 3.63) is 0 Å². The molecule has 1 rings (SSSR count). The summed E-state index contributed by atoms with van der Waals surface area (Å²) >= 11 is 0. The summed E-state index contributed by atoms with van der Waals surface area (Å²) in [4.78, 5) is 0. The van der Waals surface area contributed by atoms with E-state index in [1.165, 1.54) is 0 Å². The van der Waals surface area contributed by atoms with Gasteiger partial charge in [-0.05, 0) is 38.0 Å². The van der Waals surface area contributed by atoms with Gasteiger partial charge in [0.15, 0.2) is 0 Å². The van der Waals surface area contributed by atoms with E-state index >= 15 is 0 Å². The molecule has 3 heteroatoms. The molecule has 0 radical (unpaired) electrons. The third-order valence-electron chi connectivity index (χ3n) is 3.74. The van der Waals surface area contributed by atoms with Gasteiger partial charge in [-0.1, -0.05) is 13.8 Å². The second-order valence-corrected chi connectivity index (χ2v) is 6.27. The Bertz CT molecular complexity index is 208. The van der Waals surface area contributed by atoms with Crippen molar-refractivity contribution in [3.8, 4) is 0 Å². The van der Waals surface area contributed by atoms with Gasteiger partial charge in [0.2, 0.25) is 0 Å². The van der Waals surface area contributed by atoms with Gasteiger partial charge in [-0.3, -0.25) is 0 Å². The Balaban J connectivity index is 2.43. The minimum atomic E-state index is -0.178. The molecule has 1 fully saturated rings. The first-order chi connectivity index (χ1) is 7.37. The van der Waals surface area contributed by atoms with E-state index in [2.05, 4.69) is 19.2 Å². The van der Waals surface area contributed by atoms with Crippen molar-refractivity contribution >= 4 is 0 Å². The molecule has 16 heavy (non-hydrogen) atoms. The highest BCUT2D eigenvalue weighted by Gasteiger charge is 2.32. The summed E-state index contributed by atoms with van der Waals surface area (Å²) in [6, 6.07) is 0. The van der Waals surface area contributed by atoms with E-state index in [4.69, 9.17) is 4.74 Å². The zero-order valence-electron chi connectivity index (χ0n) is 11.2. The number of nitrogens with one attached hydrogen (secondary N) is 1. The van der Waals surface area contributed by atoms with Gasteiger partial charge in [0.05, 0.1) is 6.61 Å². The monoisotopic (exact) mass is 229 g/mol. The molecule has 0 atom stereocenters. The van der Waals surface area contributed by atoms with Crippen LogP contribution in [0.15, 0.2) is 0 Å². The van der Waals surface area contributed by atoms with Crippen molar-refractivity contribution in [1.29, 1.82) is 0 Å². The van der Waals surface area contributed by atoms with Crippen molar-refractivity contribution in [1.82, 2.24) is 5.32 Å². The van der Waals surface area contributed by atoms with E-state index in [9.17, 15) is 5.11 Å². The summed E-state index contributed by atoms with van der Waals surface area (Å²) < 4.78 is 5.40. The van der Waals surface area contributed by atoms with Crippen molar-refractivity contribution in [2.75, 3.05) is 26.4 Å². The Morgan fingerprint density at radius 3 is 2.25 bits per heavy atom. The van der Waals surface area contributed by atoms with Gasteiger partial charge in [-0.2, -0.15) is 0 Å². The topological polar surface area (TPSA) is 41.5 Å². The molecule has 1 aliphatic rings. The van der Waals surface area contributed by atoms with Crippen molar-refractivity contribution in [3.63, 3.8) is 0 Å². The second kappa shape index (κ2) is 5.48. The fourth-order valence-electron chi connectivity index (χ4n) is 2.15. The molecule has 0 unspecified atom stereocenters. The average molecular weight is 229 g/mol. The molecule has 1 aliphatic heterocycles. The van der Waals surface area contributed by atoms with Crippen LogP contribution in [-0.2, 0) is 4.74 Å². The van der Waals surface area contributed by atoms with Crippen LogP contribution in [0.25, 0.3) is 0 Å². The first-order valence-corrected chi connectivity index (χ1v) is 6.31. The summed E-state index contributed by atoms with van der Waals surface area (Å²) in [6.45, 7) is 11.6. The smallest absolute Gasteiger partial charge is 0.0607 e. The summed E-state index contributed by atoms with van der Waals surface area (Å²) in [5.41, 5.74) is 0.0959. The minimum absolute atomic E-state index is 0.177. The molecule has 0 aliphatic carbocycles. The van der Waals surface area contributed by atoms with E-state index in [0.717, 1.165) is 38.5 Å². The van der Waals surface area contributed by atoms with Gasteiger partial charge < -0.3 is 15.2 Å². The lowest BCUT2D eigenvalue weighted by atomic mass is 9.74. The third-order valence-corrected chi connectivity index (χ3v) is 3.74. The zero-order chi connectivity index (χ0) is 12.2. The molecule has 0 aromatic carbocycles. The lowest BCUT2D eigenvalue weighted by Crippen LogP contribution is -2.49. The molecule has 0 aromatic rings. The second-order valence-electron chi connectivity index (χ2n) is 6.27. The van der Waals surface area contributed by atoms with Crippen molar-refractivity contribution in [2.24, 2.45) is 11.3 Å². The summed E-state index contributed by atoms with van der Waals surface area (Å²) in [7, 11) is 0. The SMILES string of the molecule is CC(C)(CO)NCC(C)(C)C1CCOCC1. The lowest BCUT2D eigenvalue weighted by molar-refractivity contribution is 0.0192. The highest BCUT2D eigenvalue weighted by molar-refractivity contribution is 4.86. The van der Waals surface area contributed by atoms with Crippen LogP contribution >= 0.6 is 0 Å². The maximum atomic E-state index is 9.22. The Morgan fingerprint density at radius 2 is 1.75 bits per heavy atom. The molecular formula is C13H27NO2. The van der Waals surface area contributed by atoms with Crippen LogP contribution < -0.4 is 5.32 Å². The predicted octanol–water partition coefficient (Wildman–Crippen LogP) is 1.80. The molecule has 1 heterocycles. The maximum absolute atomic E-state index is 9.22. The molecule has 0 spiro atoms. The van der Waals surface area contributed by atoms with Crippen LogP contribution in [-0.4, -0.2) is 37.0 Å². The number of hydrogen-bond acceptors (Lipinski definition) is 3. The predicted molar refractivity (Wildman–Crippen MR) is 66.5 cm³/mol. The number of rotatable bonds is 5. The largest absolute Gasteiger partial charge is 0.394 e. The van der Waals surface area contributed by atoms with Gasteiger partial charge >= 0.3 is 0 Å². The normalized spacial score (nSPS) is 20.1. The highest BCUT2D eigenvalue weighted by atomic mass is 16.5. The van der Waals surface area contributed by atoms with Crippen LogP contribution in [0.4, 0.5) is 0 Å². The first-order valence-electron chi connectivity index (χ1n) is 6.31. The molecule has 2 N–H and O–H groups in total. The molecule has 0 aromatic heterocycles. The molecule has 0 amide bonds. The van der Waals surface area contributed by atoms with Crippen LogP contribution in [0, 0.1) is 11.3 Å². The molecule has 0 bridgehead atoms. The average Bonchev–Trinajstić information content (AvgIpc) is 2.28. The van der Waals surface area contributed by atoms with Gasteiger partial charge in [0.1, 0.15) is 0 Å². The summed E-state index contributed by atoms with van der Waals surface area (Å²) in [5.74, 6) is 0.725. The first kappa shape index (κ1) is 13.9. The van der Waals surface area contributed by atoms with E-state index in [0.29, 0.717) is 0 Å².